The van der Waals surface area contributed by atoms with Crippen LogP contribution in [0.25, 0.3) is 11.4 Å². The molecule has 9 heteroatoms. The standard InChI is InChI=1S/C23H27N7O2/c1-16-8-10-17(11-9-16)23-26-28-30(27-23)15-21(31)25-20-7-3-2-5-18(20)13-29-12-4-6-19(14-29)22(24)32/h2-3,5,7-11,19H,4,6,12-15H2,1H3,(H2,24,32)(H,25,31). The fraction of sp³-hybridized carbons (Fsp3) is 0.348. The lowest BCUT2D eigenvalue weighted by Gasteiger charge is -2.31. The van der Waals surface area contributed by atoms with Gasteiger partial charge in [-0.05, 0) is 43.2 Å². The number of primary amides is 1. The maximum absolute atomic E-state index is 12.6. The molecule has 2 amide bonds. The smallest absolute Gasteiger partial charge is 0.248 e. The van der Waals surface area contributed by atoms with Gasteiger partial charge in [0.05, 0.1) is 5.92 Å². The van der Waals surface area contributed by atoms with Gasteiger partial charge in [0.15, 0.2) is 0 Å². The van der Waals surface area contributed by atoms with Gasteiger partial charge >= 0.3 is 0 Å². The van der Waals surface area contributed by atoms with E-state index in [-0.39, 0.29) is 24.3 Å². The Kier molecular flexibility index (Phi) is 6.55. The normalized spacial score (nSPS) is 16.6. The number of amides is 2. The molecule has 0 radical (unpaired) electrons. The number of carbonyl (C=O) groups excluding carboxylic acids is 2. The van der Waals surface area contributed by atoms with Gasteiger partial charge in [-0.15, -0.1) is 10.2 Å². The van der Waals surface area contributed by atoms with Crippen LogP contribution in [0, 0.1) is 12.8 Å². The molecule has 0 spiro atoms. The minimum absolute atomic E-state index is 0.0410. The van der Waals surface area contributed by atoms with Crippen molar-refractivity contribution >= 4 is 17.5 Å². The van der Waals surface area contributed by atoms with Gasteiger partial charge in [0.25, 0.3) is 0 Å². The zero-order chi connectivity index (χ0) is 22.5. The van der Waals surface area contributed by atoms with Crippen molar-refractivity contribution in [1.29, 1.82) is 0 Å². The number of para-hydroxylation sites is 1. The number of carbonyl (C=O) groups is 2. The Balaban J connectivity index is 1.39. The summed E-state index contributed by atoms with van der Waals surface area (Å²) in [6, 6.07) is 15.5. The van der Waals surface area contributed by atoms with Gasteiger partial charge in [-0.1, -0.05) is 48.0 Å². The van der Waals surface area contributed by atoms with E-state index >= 15 is 0 Å². The lowest BCUT2D eigenvalue weighted by molar-refractivity contribution is -0.123. The highest BCUT2D eigenvalue weighted by Gasteiger charge is 2.24. The van der Waals surface area contributed by atoms with E-state index in [1.165, 1.54) is 4.80 Å². The second kappa shape index (κ2) is 9.69. The molecule has 1 saturated heterocycles. The zero-order valence-electron chi connectivity index (χ0n) is 18.1. The van der Waals surface area contributed by atoms with Gasteiger partial charge in [-0.3, -0.25) is 14.5 Å². The number of likely N-dealkylation sites (tertiary alicyclic amines) is 1. The molecule has 1 fully saturated rings. The Bertz CT molecular complexity index is 1090. The van der Waals surface area contributed by atoms with E-state index in [0.29, 0.717) is 18.9 Å². The van der Waals surface area contributed by atoms with Gasteiger partial charge in [0.1, 0.15) is 6.54 Å². The van der Waals surface area contributed by atoms with Gasteiger partial charge in [-0.2, -0.15) is 4.80 Å². The van der Waals surface area contributed by atoms with Gasteiger partial charge < -0.3 is 11.1 Å². The van der Waals surface area contributed by atoms with Crippen molar-refractivity contribution in [3.8, 4) is 11.4 Å². The summed E-state index contributed by atoms with van der Waals surface area (Å²) in [5.41, 5.74) is 9.21. The lowest BCUT2D eigenvalue weighted by atomic mass is 9.97. The summed E-state index contributed by atoms with van der Waals surface area (Å²) in [6.07, 6.45) is 1.77. The molecular weight excluding hydrogens is 406 g/mol. The SMILES string of the molecule is Cc1ccc(-c2nnn(CC(=O)Nc3ccccc3CN3CCCC(C(N)=O)C3)n2)cc1. The number of aryl methyl sites for hydroxylation is 1. The molecule has 4 rings (SSSR count). The summed E-state index contributed by atoms with van der Waals surface area (Å²) < 4.78 is 0. The van der Waals surface area contributed by atoms with Crippen LogP contribution >= 0.6 is 0 Å². The van der Waals surface area contributed by atoms with E-state index in [2.05, 4.69) is 25.6 Å². The molecule has 2 aromatic carbocycles. The first kappa shape index (κ1) is 21.6. The highest BCUT2D eigenvalue weighted by atomic mass is 16.2. The van der Waals surface area contributed by atoms with Crippen molar-refractivity contribution in [2.24, 2.45) is 11.7 Å². The first-order valence-electron chi connectivity index (χ1n) is 10.7. The van der Waals surface area contributed by atoms with E-state index in [9.17, 15) is 9.59 Å². The number of hydrogen-bond donors (Lipinski definition) is 2. The molecule has 1 atom stereocenters. The third kappa shape index (κ3) is 5.36. The van der Waals surface area contributed by atoms with E-state index in [1.807, 2.05) is 55.5 Å². The van der Waals surface area contributed by atoms with E-state index in [1.54, 1.807) is 0 Å². The molecule has 166 valence electrons. The van der Waals surface area contributed by atoms with Gasteiger partial charge in [-0.25, -0.2) is 0 Å². The van der Waals surface area contributed by atoms with Crippen molar-refractivity contribution in [2.45, 2.75) is 32.9 Å². The van der Waals surface area contributed by atoms with Crippen LogP contribution in [0.4, 0.5) is 5.69 Å². The van der Waals surface area contributed by atoms with Crippen LogP contribution in [-0.2, 0) is 22.7 Å². The summed E-state index contributed by atoms with van der Waals surface area (Å²) in [5.74, 6) is -0.125. The summed E-state index contributed by atoms with van der Waals surface area (Å²) >= 11 is 0. The van der Waals surface area contributed by atoms with Crippen molar-refractivity contribution < 1.29 is 9.59 Å². The monoisotopic (exact) mass is 433 g/mol. The molecule has 3 N–H and O–H groups in total. The number of tetrazole rings is 1. The quantitative estimate of drug-likeness (QED) is 0.588. The molecule has 0 aliphatic carbocycles. The minimum atomic E-state index is -0.248. The molecular formula is C23H27N7O2. The zero-order valence-corrected chi connectivity index (χ0v) is 18.1. The van der Waals surface area contributed by atoms with E-state index < -0.39 is 0 Å². The predicted molar refractivity (Wildman–Crippen MR) is 120 cm³/mol. The third-order valence-electron chi connectivity index (χ3n) is 5.64. The molecule has 0 bridgehead atoms. The fourth-order valence-corrected chi connectivity index (χ4v) is 3.90. The second-order valence-corrected chi connectivity index (χ2v) is 8.19. The Morgan fingerprint density at radius 1 is 1.16 bits per heavy atom. The van der Waals surface area contributed by atoms with Crippen molar-refractivity contribution in [3.05, 3.63) is 59.7 Å². The van der Waals surface area contributed by atoms with Crippen LogP contribution < -0.4 is 11.1 Å². The number of benzene rings is 2. The van der Waals surface area contributed by atoms with Gasteiger partial charge in [0.2, 0.25) is 17.6 Å². The Labute approximate surface area is 186 Å². The molecule has 1 aromatic heterocycles. The number of piperidine rings is 1. The molecule has 2 heterocycles. The van der Waals surface area contributed by atoms with Crippen molar-refractivity contribution in [1.82, 2.24) is 25.1 Å². The minimum Gasteiger partial charge on any atom is -0.369 e. The van der Waals surface area contributed by atoms with E-state index in [0.717, 1.165) is 41.8 Å². The highest BCUT2D eigenvalue weighted by molar-refractivity contribution is 5.91. The van der Waals surface area contributed by atoms with Gasteiger partial charge in [0, 0.05) is 24.3 Å². The second-order valence-electron chi connectivity index (χ2n) is 8.19. The number of rotatable bonds is 7. The maximum atomic E-state index is 12.6. The average Bonchev–Trinajstić information content (AvgIpc) is 3.24. The average molecular weight is 434 g/mol. The van der Waals surface area contributed by atoms with Crippen LogP contribution in [0.2, 0.25) is 0 Å². The maximum Gasteiger partial charge on any atom is 0.248 e. The van der Waals surface area contributed by atoms with Crippen LogP contribution in [0.5, 0.6) is 0 Å². The van der Waals surface area contributed by atoms with Crippen LogP contribution in [0.3, 0.4) is 0 Å². The van der Waals surface area contributed by atoms with Crippen LogP contribution in [-0.4, -0.2) is 50.0 Å². The first-order valence-corrected chi connectivity index (χ1v) is 10.7. The van der Waals surface area contributed by atoms with Crippen LogP contribution in [0.1, 0.15) is 24.0 Å². The topological polar surface area (TPSA) is 119 Å². The van der Waals surface area contributed by atoms with E-state index in [4.69, 9.17) is 5.73 Å². The molecule has 0 saturated carbocycles. The Morgan fingerprint density at radius 2 is 1.94 bits per heavy atom. The molecule has 32 heavy (non-hydrogen) atoms. The summed E-state index contributed by atoms with van der Waals surface area (Å²) in [7, 11) is 0. The number of aromatic nitrogens is 4. The molecule has 1 aliphatic rings. The number of nitrogens with one attached hydrogen (secondary N) is 1. The summed E-state index contributed by atoms with van der Waals surface area (Å²) in [5, 5.41) is 15.3. The fourth-order valence-electron chi connectivity index (χ4n) is 3.90. The van der Waals surface area contributed by atoms with Crippen molar-refractivity contribution in [2.75, 3.05) is 18.4 Å². The highest BCUT2D eigenvalue weighted by Crippen LogP contribution is 2.22. The Hall–Kier alpha value is -3.59. The number of anilines is 1. The number of nitrogens with two attached hydrogens (primary N) is 1. The van der Waals surface area contributed by atoms with Crippen molar-refractivity contribution in [3.63, 3.8) is 0 Å². The molecule has 9 nitrogen and oxygen atoms in total. The predicted octanol–water partition coefficient (Wildman–Crippen LogP) is 1.98. The summed E-state index contributed by atoms with van der Waals surface area (Å²) in [6.45, 7) is 4.15. The summed E-state index contributed by atoms with van der Waals surface area (Å²) in [4.78, 5) is 27.7. The third-order valence-corrected chi connectivity index (χ3v) is 5.64. The van der Waals surface area contributed by atoms with Crippen LogP contribution in [0.15, 0.2) is 48.5 Å². The lowest BCUT2D eigenvalue weighted by Crippen LogP contribution is -2.40. The first-order chi connectivity index (χ1) is 15.5. The molecule has 3 aromatic rings. The number of nitrogens with zero attached hydrogens (tertiary/aromatic N) is 5. The molecule has 1 unspecified atom stereocenters. The largest absolute Gasteiger partial charge is 0.369 e. The number of hydrogen-bond acceptors (Lipinski definition) is 6. The molecule has 1 aliphatic heterocycles. The Morgan fingerprint density at radius 3 is 2.72 bits per heavy atom.